The van der Waals surface area contributed by atoms with E-state index < -0.39 is 0 Å². The molecule has 0 aliphatic heterocycles. The van der Waals surface area contributed by atoms with E-state index in [-0.39, 0.29) is 0 Å². The Kier molecular flexibility index (Phi) is 7.04. The molecule has 2 nitrogen and oxygen atoms in total. The number of fused-ring (bicyclic) bond motifs is 6. The lowest BCUT2D eigenvalue weighted by atomic mass is 9.99. The van der Waals surface area contributed by atoms with Crippen LogP contribution < -0.4 is 4.90 Å². The van der Waals surface area contributed by atoms with E-state index >= 15 is 0 Å². The van der Waals surface area contributed by atoms with Crippen molar-refractivity contribution >= 4 is 70.4 Å². The van der Waals surface area contributed by atoms with E-state index in [0.29, 0.717) is 0 Å². The van der Waals surface area contributed by atoms with Gasteiger partial charge in [0.15, 0.2) is 0 Å². The van der Waals surface area contributed by atoms with Gasteiger partial charge < -0.3 is 9.47 Å². The van der Waals surface area contributed by atoms with E-state index in [4.69, 9.17) is 0 Å². The molecule has 51 heavy (non-hydrogen) atoms. The minimum absolute atomic E-state index is 1.11. The van der Waals surface area contributed by atoms with Gasteiger partial charge in [-0.15, -0.1) is 11.3 Å². The number of benzene rings is 8. The van der Waals surface area contributed by atoms with Crippen molar-refractivity contribution in [3.63, 3.8) is 0 Å². The summed E-state index contributed by atoms with van der Waals surface area (Å²) in [6, 6.07) is 70.3. The van der Waals surface area contributed by atoms with Crippen LogP contribution >= 0.6 is 11.3 Å². The highest BCUT2D eigenvalue weighted by atomic mass is 32.1. The van der Waals surface area contributed by atoms with E-state index in [2.05, 4.69) is 204 Å². The van der Waals surface area contributed by atoms with Crippen molar-refractivity contribution in [2.45, 2.75) is 0 Å². The van der Waals surface area contributed by atoms with Gasteiger partial charge >= 0.3 is 0 Å². The summed E-state index contributed by atoms with van der Waals surface area (Å²) in [6.07, 6.45) is 0. The molecule has 240 valence electrons. The van der Waals surface area contributed by atoms with Gasteiger partial charge in [-0.3, -0.25) is 0 Å². The maximum absolute atomic E-state index is 2.42. The molecule has 0 amide bonds. The number of hydrogen-bond acceptors (Lipinski definition) is 2. The summed E-state index contributed by atoms with van der Waals surface area (Å²) in [4.78, 5) is 2.42. The summed E-state index contributed by atoms with van der Waals surface area (Å²) in [6.45, 7) is 0. The number of para-hydroxylation sites is 2. The topological polar surface area (TPSA) is 8.17 Å². The molecule has 0 atom stereocenters. The zero-order valence-corrected chi connectivity index (χ0v) is 28.6. The normalized spacial score (nSPS) is 11.5. The van der Waals surface area contributed by atoms with E-state index in [0.717, 1.165) is 17.1 Å². The van der Waals surface area contributed by atoms with Gasteiger partial charge in [0.25, 0.3) is 0 Å². The van der Waals surface area contributed by atoms with E-state index in [1.54, 1.807) is 0 Å². The van der Waals surface area contributed by atoms with Gasteiger partial charge in [-0.1, -0.05) is 121 Å². The van der Waals surface area contributed by atoms with Crippen molar-refractivity contribution in [1.29, 1.82) is 0 Å². The number of thiophene rings is 1. The van der Waals surface area contributed by atoms with Crippen LogP contribution in [0.2, 0.25) is 0 Å². The van der Waals surface area contributed by atoms with Gasteiger partial charge in [-0.2, -0.15) is 0 Å². The quantitative estimate of drug-likeness (QED) is 0.171. The first kappa shape index (κ1) is 29.5. The molecule has 0 aliphatic rings. The van der Waals surface area contributed by atoms with Crippen molar-refractivity contribution in [3.8, 4) is 27.9 Å². The Morgan fingerprint density at radius 1 is 0.373 bits per heavy atom. The number of anilines is 3. The Hall–Kier alpha value is -6.42. The van der Waals surface area contributed by atoms with Gasteiger partial charge in [-0.25, -0.2) is 0 Å². The SMILES string of the molecule is c1ccc(-c2cccc(-c3ccc(N(c4ccc(-n5c6ccccc6c6ccccc65)cc4)c4cccc5sc6ccccc6c45)cc3)c2)cc1. The molecular weight excluding hydrogens is 637 g/mol. The van der Waals surface area contributed by atoms with Gasteiger partial charge in [0.1, 0.15) is 0 Å². The molecule has 0 unspecified atom stereocenters. The summed E-state index contributed by atoms with van der Waals surface area (Å²) >= 11 is 1.86. The average Bonchev–Trinajstić information content (AvgIpc) is 3.76. The van der Waals surface area contributed by atoms with Crippen LogP contribution in [0.5, 0.6) is 0 Å². The summed E-state index contributed by atoms with van der Waals surface area (Å²) in [7, 11) is 0. The van der Waals surface area contributed by atoms with Crippen LogP contribution in [-0.4, -0.2) is 4.57 Å². The standard InChI is InChI=1S/C48H32N2S/c1-2-12-33(13-3-1)35-14-10-15-36(32-35)34-24-26-37(27-25-34)49(45-21-11-23-47-48(45)42-18-6-9-22-46(42)51-47)38-28-30-39(31-29-38)50-43-19-7-4-16-40(43)41-17-5-8-20-44(41)50/h1-32H. The van der Waals surface area contributed by atoms with Crippen LogP contribution in [0.25, 0.3) is 69.9 Å². The molecule has 0 bridgehead atoms. The van der Waals surface area contributed by atoms with Crippen LogP contribution in [0.15, 0.2) is 194 Å². The summed E-state index contributed by atoms with van der Waals surface area (Å²) in [5.41, 5.74) is 11.8. The summed E-state index contributed by atoms with van der Waals surface area (Å²) in [5, 5.41) is 5.10. The highest BCUT2D eigenvalue weighted by molar-refractivity contribution is 7.26. The molecular formula is C48H32N2S. The molecule has 0 fully saturated rings. The molecule has 0 N–H and O–H groups in total. The largest absolute Gasteiger partial charge is 0.310 e. The molecule has 0 saturated carbocycles. The fourth-order valence-corrected chi connectivity index (χ4v) is 8.76. The van der Waals surface area contributed by atoms with Gasteiger partial charge in [0, 0.05) is 48.0 Å². The molecule has 2 aromatic heterocycles. The predicted octanol–water partition coefficient (Wildman–Crippen LogP) is 14.0. The molecule has 0 aliphatic carbocycles. The third kappa shape index (κ3) is 5.01. The minimum Gasteiger partial charge on any atom is -0.310 e. The zero-order valence-electron chi connectivity index (χ0n) is 27.8. The summed E-state index contributed by atoms with van der Waals surface area (Å²) in [5.74, 6) is 0. The van der Waals surface area contributed by atoms with Crippen LogP contribution in [0.4, 0.5) is 17.1 Å². The summed E-state index contributed by atoms with van der Waals surface area (Å²) < 4.78 is 4.97. The first-order chi connectivity index (χ1) is 25.3. The second kappa shape index (κ2) is 12.2. The molecule has 3 heteroatoms. The predicted molar refractivity (Wildman–Crippen MR) is 219 cm³/mol. The zero-order chi connectivity index (χ0) is 33.7. The lowest BCUT2D eigenvalue weighted by molar-refractivity contribution is 1.17. The molecule has 10 aromatic rings. The second-order valence-electron chi connectivity index (χ2n) is 13.0. The Morgan fingerprint density at radius 2 is 0.882 bits per heavy atom. The monoisotopic (exact) mass is 668 g/mol. The minimum atomic E-state index is 1.11. The van der Waals surface area contributed by atoms with Gasteiger partial charge in [-0.05, 0) is 95.1 Å². The first-order valence-electron chi connectivity index (χ1n) is 17.4. The van der Waals surface area contributed by atoms with Crippen LogP contribution in [0.1, 0.15) is 0 Å². The molecule has 0 spiro atoms. The maximum atomic E-state index is 2.42. The molecule has 2 heterocycles. The van der Waals surface area contributed by atoms with Crippen molar-refractivity contribution in [2.75, 3.05) is 4.90 Å². The number of aromatic nitrogens is 1. The average molecular weight is 669 g/mol. The third-order valence-electron chi connectivity index (χ3n) is 10.00. The highest BCUT2D eigenvalue weighted by Crippen LogP contribution is 2.45. The Labute approximate surface area is 300 Å². The van der Waals surface area contributed by atoms with Crippen molar-refractivity contribution in [2.24, 2.45) is 0 Å². The Morgan fingerprint density at radius 3 is 1.57 bits per heavy atom. The highest BCUT2D eigenvalue weighted by Gasteiger charge is 2.19. The smallest absolute Gasteiger partial charge is 0.0554 e. The molecule has 0 radical (unpaired) electrons. The Bertz CT molecular complexity index is 2790. The molecule has 10 rings (SSSR count). The lowest BCUT2D eigenvalue weighted by Crippen LogP contribution is -2.10. The van der Waals surface area contributed by atoms with Crippen LogP contribution in [0, 0.1) is 0 Å². The van der Waals surface area contributed by atoms with Crippen LogP contribution in [0.3, 0.4) is 0 Å². The second-order valence-corrected chi connectivity index (χ2v) is 14.0. The fourth-order valence-electron chi connectivity index (χ4n) is 7.63. The van der Waals surface area contributed by atoms with Crippen molar-refractivity contribution in [3.05, 3.63) is 194 Å². The van der Waals surface area contributed by atoms with E-state index in [1.165, 1.54) is 69.9 Å². The number of nitrogens with zero attached hydrogens (tertiary/aromatic N) is 2. The first-order valence-corrected chi connectivity index (χ1v) is 18.2. The lowest BCUT2D eigenvalue weighted by Gasteiger charge is -2.27. The van der Waals surface area contributed by atoms with E-state index in [9.17, 15) is 0 Å². The molecule has 0 saturated heterocycles. The van der Waals surface area contributed by atoms with E-state index in [1.807, 2.05) is 11.3 Å². The number of rotatable bonds is 6. The Balaban J connectivity index is 1.11. The third-order valence-corrected chi connectivity index (χ3v) is 11.1. The maximum Gasteiger partial charge on any atom is 0.0554 e. The van der Waals surface area contributed by atoms with Crippen molar-refractivity contribution in [1.82, 2.24) is 4.57 Å². The van der Waals surface area contributed by atoms with Crippen molar-refractivity contribution < 1.29 is 0 Å². The van der Waals surface area contributed by atoms with Crippen LogP contribution in [-0.2, 0) is 0 Å². The molecule has 8 aromatic carbocycles. The van der Waals surface area contributed by atoms with Gasteiger partial charge in [0.05, 0.1) is 16.7 Å². The van der Waals surface area contributed by atoms with Gasteiger partial charge in [0.2, 0.25) is 0 Å². The fraction of sp³-hybridized carbons (Fsp3) is 0. The number of hydrogen-bond donors (Lipinski definition) is 0.